The highest BCUT2D eigenvalue weighted by molar-refractivity contribution is 6.30. The number of piperazine rings is 1. The molecule has 4 nitrogen and oxygen atoms in total. The van der Waals surface area contributed by atoms with Crippen molar-refractivity contribution < 1.29 is 9.90 Å². The smallest absolute Gasteiger partial charge is 0.222 e. The van der Waals surface area contributed by atoms with Gasteiger partial charge in [-0.15, -0.1) is 0 Å². The van der Waals surface area contributed by atoms with Gasteiger partial charge in [-0.1, -0.05) is 30.7 Å². The molecule has 1 N–H and O–H groups in total. The lowest BCUT2D eigenvalue weighted by atomic mass is 10.1. The van der Waals surface area contributed by atoms with Gasteiger partial charge in [-0.2, -0.15) is 0 Å². The van der Waals surface area contributed by atoms with E-state index in [2.05, 4.69) is 4.90 Å². The Balaban J connectivity index is 1.73. The molecule has 0 unspecified atom stereocenters. The lowest BCUT2D eigenvalue weighted by Crippen LogP contribution is -2.50. The topological polar surface area (TPSA) is 43.8 Å². The van der Waals surface area contributed by atoms with Gasteiger partial charge in [0.25, 0.3) is 0 Å². The van der Waals surface area contributed by atoms with Crippen LogP contribution in [0.1, 0.15) is 25.3 Å². The monoisotopic (exact) mass is 324 g/mol. The molecule has 1 fully saturated rings. The van der Waals surface area contributed by atoms with E-state index in [1.165, 1.54) is 0 Å². The molecule has 2 rings (SSSR count). The average molecular weight is 325 g/mol. The number of nitrogens with zero attached hydrogens (tertiary/aromatic N) is 2. The van der Waals surface area contributed by atoms with Crippen molar-refractivity contribution in [3.8, 4) is 0 Å². The molecule has 1 aliphatic heterocycles. The fourth-order valence-corrected chi connectivity index (χ4v) is 2.92. The Morgan fingerprint density at radius 3 is 2.68 bits per heavy atom. The van der Waals surface area contributed by atoms with Crippen LogP contribution in [0.3, 0.4) is 0 Å². The maximum Gasteiger partial charge on any atom is 0.222 e. The quantitative estimate of drug-likeness (QED) is 0.872. The highest BCUT2D eigenvalue weighted by atomic mass is 35.5. The Morgan fingerprint density at radius 2 is 2.05 bits per heavy atom. The molecule has 0 saturated carbocycles. The highest BCUT2D eigenvalue weighted by Crippen LogP contribution is 2.13. The van der Waals surface area contributed by atoms with Crippen LogP contribution in [-0.2, 0) is 11.2 Å². The lowest BCUT2D eigenvalue weighted by molar-refractivity contribution is -0.133. The van der Waals surface area contributed by atoms with Crippen molar-refractivity contribution in [3.05, 3.63) is 34.9 Å². The van der Waals surface area contributed by atoms with E-state index in [4.69, 9.17) is 11.6 Å². The highest BCUT2D eigenvalue weighted by Gasteiger charge is 2.21. The molecule has 1 heterocycles. The van der Waals surface area contributed by atoms with Crippen LogP contribution >= 0.6 is 11.6 Å². The normalized spacial score (nSPS) is 17.5. The summed E-state index contributed by atoms with van der Waals surface area (Å²) in [6, 6.07) is 7.68. The van der Waals surface area contributed by atoms with Crippen molar-refractivity contribution >= 4 is 17.5 Å². The fourth-order valence-electron chi connectivity index (χ4n) is 2.71. The van der Waals surface area contributed by atoms with Gasteiger partial charge in [0, 0.05) is 44.2 Å². The molecule has 1 aromatic rings. The molecule has 1 saturated heterocycles. The summed E-state index contributed by atoms with van der Waals surface area (Å²) in [5.41, 5.74) is 1.10. The molecule has 0 aliphatic carbocycles. The van der Waals surface area contributed by atoms with Gasteiger partial charge < -0.3 is 10.0 Å². The van der Waals surface area contributed by atoms with E-state index >= 15 is 0 Å². The standard InChI is InChI=1S/C17H25ClN2O2/c1-2-16(21)13-19-8-10-20(11-9-19)17(22)7-6-14-4-3-5-15(18)12-14/h3-5,12,16,21H,2,6-11,13H2,1H3/t16-/m0/s1. The van der Waals surface area contributed by atoms with E-state index in [1.807, 2.05) is 36.1 Å². The second-order valence-corrected chi connectivity index (χ2v) is 6.31. The maximum atomic E-state index is 12.3. The Hall–Kier alpha value is -1.10. The molecule has 0 spiro atoms. The Morgan fingerprint density at radius 1 is 1.32 bits per heavy atom. The summed E-state index contributed by atoms with van der Waals surface area (Å²) >= 11 is 5.96. The molecule has 5 heteroatoms. The van der Waals surface area contributed by atoms with Gasteiger partial charge in [0.2, 0.25) is 5.91 Å². The Labute approximate surface area is 137 Å². The Bertz CT molecular complexity index is 487. The molecule has 0 aromatic heterocycles. The summed E-state index contributed by atoms with van der Waals surface area (Å²) in [5, 5.41) is 10.4. The van der Waals surface area contributed by atoms with Gasteiger partial charge in [0.15, 0.2) is 0 Å². The fraction of sp³-hybridized carbons (Fsp3) is 0.588. The summed E-state index contributed by atoms with van der Waals surface area (Å²) in [4.78, 5) is 16.4. The van der Waals surface area contributed by atoms with E-state index in [1.54, 1.807) is 0 Å². The van der Waals surface area contributed by atoms with E-state index in [0.29, 0.717) is 18.0 Å². The van der Waals surface area contributed by atoms with Crippen LogP contribution in [-0.4, -0.2) is 59.6 Å². The molecule has 0 bridgehead atoms. The van der Waals surface area contributed by atoms with Gasteiger partial charge in [-0.25, -0.2) is 0 Å². The SMILES string of the molecule is CC[C@H](O)CN1CCN(C(=O)CCc2cccc(Cl)c2)CC1. The summed E-state index contributed by atoms with van der Waals surface area (Å²) in [6.45, 7) is 5.90. The van der Waals surface area contributed by atoms with Gasteiger partial charge in [-0.05, 0) is 30.5 Å². The molecule has 1 aliphatic rings. The maximum absolute atomic E-state index is 12.3. The molecule has 1 atom stereocenters. The van der Waals surface area contributed by atoms with Crippen molar-refractivity contribution in [3.63, 3.8) is 0 Å². The third-order valence-corrected chi connectivity index (χ3v) is 4.42. The number of halogens is 1. The minimum Gasteiger partial charge on any atom is -0.392 e. The van der Waals surface area contributed by atoms with Crippen molar-refractivity contribution in [1.29, 1.82) is 0 Å². The second-order valence-electron chi connectivity index (χ2n) is 5.87. The van der Waals surface area contributed by atoms with Gasteiger partial charge in [0.1, 0.15) is 0 Å². The van der Waals surface area contributed by atoms with Crippen LogP contribution < -0.4 is 0 Å². The zero-order valence-corrected chi connectivity index (χ0v) is 13.9. The minimum atomic E-state index is -0.259. The zero-order chi connectivity index (χ0) is 15.9. The van der Waals surface area contributed by atoms with E-state index < -0.39 is 0 Å². The summed E-state index contributed by atoms with van der Waals surface area (Å²) < 4.78 is 0. The molecule has 22 heavy (non-hydrogen) atoms. The first kappa shape index (κ1) is 17.3. The summed E-state index contributed by atoms with van der Waals surface area (Å²) in [6.07, 6.45) is 1.77. The van der Waals surface area contributed by atoms with Crippen molar-refractivity contribution in [2.45, 2.75) is 32.3 Å². The zero-order valence-electron chi connectivity index (χ0n) is 13.2. The van der Waals surface area contributed by atoms with Crippen molar-refractivity contribution in [1.82, 2.24) is 9.80 Å². The first-order valence-corrected chi connectivity index (χ1v) is 8.39. The summed E-state index contributed by atoms with van der Waals surface area (Å²) in [5.74, 6) is 0.204. The molecule has 1 aromatic carbocycles. The number of hydrogen-bond acceptors (Lipinski definition) is 3. The number of benzene rings is 1. The van der Waals surface area contributed by atoms with Crippen LogP contribution in [0.15, 0.2) is 24.3 Å². The molecular formula is C17H25ClN2O2. The number of hydrogen-bond donors (Lipinski definition) is 1. The molecule has 0 radical (unpaired) electrons. The predicted octanol–water partition coefficient (Wildman–Crippen LogP) is 2.19. The third-order valence-electron chi connectivity index (χ3n) is 4.18. The van der Waals surface area contributed by atoms with E-state index in [0.717, 1.165) is 44.6 Å². The van der Waals surface area contributed by atoms with Crippen LogP contribution in [0.4, 0.5) is 0 Å². The number of aliphatic hydroxyl groups is 1. The number of carbonyl (C=O) groups is 1. The number of carbonyl (C=O) groups excluding carboxylic acids is 1. The molecule has 1 amide bonds. The largest absolute Gasteiger partial charge is 0.392 e. The van der Waals surface area contributed by atoms with Crippen molar-refractivity contribution in [2.24, 2.45) is 0 Å². The number of amides is 1. The predicted molar refractivity (Wildman–Crippen MR) is 89.1 cm³/mol. The first-order valence-electron chi connectivity index (χ1n) is 8.01. The van der Waals surface area contributed by atoms with Gasteiger partial charge in [0.05, 0.1) is 6.10 Å². The van der Waals surface area contributed by atoms with E-state index in [9.17, 15) is 9.90 Å². The first-order chi connectivity index (χ1) is 10.6. The van der Waals surface area contributed by atoms with Crippen LogP contribution in [0.5, 0.6) is 0 Å². The third kappa shape index (κ3) is 5.27. The van der Waals surface area contributed by atoms with Crippen molar-refractivity contribution in [2.75, 3.05) is 32.7 Å². The van der Waals surface area contributed by atoms with Crippen LogP contribution in [0.2, 0.25) is 5.02 Å². The van der Waals surface area contributed by atoms with Gasteiger partial charge in [-0.3, -0.25) is 9.69 Å². The number of β-amino-alcohol motifs (C(OH)–C–C–N with tert-alkyl or cyclic N) is 1. The minimum absolute atomic E-state index is 0.204. The molecular weight excluding hydrogens is 300 g/mol. The lowest BCUT2D eigenvalue weighted by Gasteiger charge is -2.35. The summed E-state index contributed by atoms with van der Waals surface area (Å²) in [7, 11) is 0. The number of aryl methyl sites for hydroxylation is 1. The number of rotatable bonds is 6. The Kier molecular flexibility index (Phi) is 6.68. The van der Waals surface area contributed by atoms with E-state index in [-0.39, 0.29) is 12.0 Å². The second kappa shape index (κ2) is 8.51. The van der Waals surface area contributed by atoms with Crippen LogP contribution in [0.25, 0.3) is 0 Å². The average Bonchev–Trinajstić information content (AvgIpc) is 2.53. The van der Waals surface area contributed by atoms with Gasteiger partial charge >= 0.3 is 0 Å². The molecule has 122 valence electrons. The number of aliphatic hydroxyl groups excluding tert-OH is 1. The van der Waals surface area contributed by atoms with Crippen LogP contribution in [0, 0.1) is 0 Å².